The molecule has 0 fully saturated rings. The molecule has 0 heterocycles. The molecular weight excluding hydrogens is 202 g/mol. The van der Waals surface area contributed by atoms with Gasteiger partial charge in [-0.15, -0.1) is 0 Å². The van der Waals surface area contributed by atoms with Crippen LogP contribution in [0.2, 0.25) is 0 Å². The summed E-state index contributed by atoms with van der Waals surface area (Å²) >= 11 is 0. The van der Waals surface area contributed by atoms with Crippen molar-refractivity contribution in [1.29, 1.82) is 0 Å². The van der Waals surface area contributed by atoms with Gasteiger partial charge in [-0.2, -0.15) is 0 Å². The van der Waals surface area contributed by atoms with E-state index in [4.69, 9.17) is 9.47 Å². The van der Waals surface area contributed by atoms with Crippen LogP contribution in [0.5, 0.6) is 0 Å². The van der Waals surface area contributed by atoms with Gasteiger partial charge in [0, 0.05) is 20.3 Å². The van der Waals surface area contributed by atoms with Crippen LogP contribution in [0.3, 0.4) is 0 Å². The van der Waals surface area contributed by atoms with Gasteiger partial charge in [0.1, 0.15) is 0 Å². The fraction of sp³-hybridized carbons (Fsp3) is 1.00. The molecule has 0 aromatic carbocycles. The average molecular weight is 231 g/mol. The van der Waals surface area contributed by atoms with E-state index in [0.717, 1.165) is 12.8 Å². The Labute approximate surface area is 101 Å². The predicted octanol–water partition coefficient (Wildman–Crippen LogP) is 2.45. The van der Waals surface area contributed by atoms with E-state index >= 15 is 0 Å². The third kappa shape index (κ3) is 5.28. The summed E-state index contributed by atoms with van der Waals surface area (Å²) in [6.45, 7) is 8.63. The SMILES string of the molecule is CNC(CCC(C)(C)OC)C(OC)C(C)C. The second-order valence-electron chi connectivity index (χ2n) is 5.34. The number of likely N-dealkylation sites (N-methyl/N-ethyl adjacent to an activating group) is 1. The van der Waals surface area contributed by atoms with Gasteiger partial charge in [0.15, 0.2) is 0 Å². The summed E-state index contributed by atoms with van der Waals surface area (Å²) in [5.41, 5.74) is -0.0512. The summed E-state index contributed by atoms with van der Waals surface area (Å²) in [6.07, 6.45) is 2.35. The largest absolute Gasteiger partial charge is 0.380 e. The van der Waals surface area contributed by atoms with Crippen molar-refractivity contribution in [2.45, 2.75) is 58.3 Å². The van der Waals surface area contributed by atoms with Crippen LogP contribution < -0.4 is 5.32 Å². The Kier molecular flexibility index (Phi) is 7.20. The maximum Gasteiger partial charge on any atom is 0.0746 e. The molecule has 16 heavy (non-hydrogen) atoms. The molecule has 0 saturated carbocycles. The first-order valence-electron chi connectivity index (χ1n) is 6.13. The standard InChI is InChI=1S/C13H29NO2/c1-10(2)12(15-6)11(14-5)8-9-13(3,4)16-7/h10-12,14H,8-9H2,1-7H3. The summed E-state index contributed by atoms with van der Waals surface area (Å²) in [5.74, 6) is 0.521. The van der Waals surface area contributed by atoms with Crippen molar-refractivity contribution < 1.29 is 9.47 Å². The molecule has 0 saturated heterocycles. The molecule has 2 unspecified atom stereocenters. The van der Waals surface area contributed by atoms with Crippen molar-refractivity contribution in [3.05, 3.63) is 0 Å². The van der Waals surface area contributed by atoms with Crippen molar-refractivity contribution in [1.82, 2.24) is 5.32 Å². The van der Waals surface area contributed by atoms with Gasteiger partial charge in [0.2, 0.25) is 0 Å². The van der Waals surface area contributed by atoms with Crippen LogP contribution in [-0.4, -0.2) is 39.0 Å². The number of hydrogen-bond donors (Lipinski definition) is 1. The average Bonchev–Trinajstić information content (AvgIpc) is 2.23. The van der Waals surface area contributed by atoms with Gasteiger partial charge >= 0.3 is 0 Å². The molecule has 0 bridgehead atoms. The monoisotopic (exact) mass is 231 g/mol. The third-order valence-corrected chi connectivity index (χ3v) is 3.31. The Morgan fingerprint density at radius 2 is 1.75 bits per heavy atom. The highest BCUT2D eigenvalue weighted by Gasteiger charge is 2.26. The Bertz CT molecular complexity index is 181. The number of methoxy groups -OCH3 is 2. The fourth-order valence-corrected chi connectivity index (χ4v) is 1.98. The first-order chi connectivity index (χ1) is 7.37. The first-order valence-corrected chi connectivity index (χ1v) is 6.13. The van der Waals surface area contributed by atoms with Gasteiger partial charge in [-0.3, -0.25) is 0 Å². The molecule has 0 aromatic heterocycles. The minimum atomic E-state index is -0.0512. The molecule has 0 aromatic rings. The summed E-state index contributed by atoms with van der Waals surface area (Å²) in [5, 5.41) is 3.35. The second kappa shape index (κ2) is 7.25. The topological polar surface area (TPSA) is 30.5 Å². The van der Waals surface area contributed by atoms with E-state index < -0.39 is 0 Å². The maximum absolute atomic E-state index is 5.56. The summed E-state index contributed by atoms with van der Waals surface area (Å²) in [7, 11) is 5.56. The van der Waals surface area contributed by atoms with E-state index in [1.807, 2.05) is 7.05 Å². The van der Waals surface area contributed by atoms with Crippen molar-refractivity contribution in [3.8, 4) is 0 Å². The highest BCUT2D eigenvalue weighted by atomic mass is 16.5. The molecule has 1 N–H and O–H groups in total. The molecule has 2 atom stereocenters. The first kappa shape index (κ1) is 15.9. The number of rotatable bonds is 8. The van der Waals surface area contributed by atoms with Crippen LogP contribution in [-0.2, 0) is 9.47 Å². The lowest BCUT2D eigenvalue weighted by atomic mass is 9.91. The molecule has 0 rings (SSSR count). The Morgan fingerprint density at radius 3 is 2.06 bits per heavy atom. The zero-order chi connectivity index (χ0) is 12.8. The Morgan fingerprint density at radius 1 is 1.19 bits per heavy atom. The van der Waals surface area contributed by atoms with Crippen LogP contribution in [0.1, 0.15) is 40.5 Å². The van der Waals surface area contributed by atoms with Crippen LogP contribution in [0.15, 0.2) is 0 Å². The minimum absolute atomic E-state index is 0.0512. The molecule has 0 spiro atoms. The number of nitrogens with one attached hydrogen (secondary N) is 1. The lowest BCUT2D eigenvalue weighted by Gasteiger charge is -2.31. The lowest BCUT2D eigenvalue weighted by Crippen LogP contribution is -2.43. The molecule has 3 heteroatoms. The van der Waals surface area contributed by atoms with Crippen molar-refractivity contribution in [2.75, 3.05) is 21.3 Å². The highest BCUT2D eigenvalue weighted by molar-refractivity contribution is 4.81. The number of hydrogen-bond acceptors (Lipinski definition) is 3. The smallest absolute Gasteiger partial charge is 0.0746 e. The molecule has 0 amide bonds. The molecule has 0 radical (unpaired) electrons. The fourth-order valence-electron chi connectivity index (χ4n) is 1.98. The summed E-state index contributed by atoms with van der Waals surface area (Å²) in [6, 6.07) is 0.388. The Hall–Kier alpha value is -0.120. The molecular formula is C13H29NO2. The van der Waals surface area contributed by atoms with E-state index in [-0.39, 0.29) is 11.7 Å². The van der Waals surface area contributed by atoms with E-state index in [1.54, 1.807) is 14.2 Å². The summed E-state index contributed by atoms with van der Waals surface area (Å²) < 4.78 is 11.0. The molecule has 3 nitrogen and oxygen atoms in total. The minimum Gasteiger partial charge on any atom is -0.380 e. The van der Waals surface area contributed by atoms with Crippen LogP contribution in [0, 0.1) is 5.92 Å². The predicted molar refractivity (Wildman–Crippen MR) is 68.8 cm³/mol. The van der Waals surface area contributed by atoms with Crippen LogP contribution >= 0.6 is 0 Å². The van der Waals surface area contributed by atoms with Crippen molar-refractivity contribution in [2.24, 2.45) is 5.92 Å². The quantitative estimate of drug-likeness (QED) is 0.696. The molecule has 0 aliphatic rings. The van der Waals surface area contributed by atoms with Gasteiger partial charge in [-0.25, -0.2) is 0 Å². The highest BCUT2D eigenvalue weighted by Crippen LogP contribution is 2.20. The van der Waals surface area contributed by atoms with Crippen molar-refractivity contribution >= 4 is 0 Å². The van der Waals surface area contributed by atoms with E-state index in [2.05, 4.69) is 33.0 Å². The Balaban J connectivity index is 4.29. The molecule has 0 aliphatic carbocycles. The van der Waals surface area contributed by atoms with Gasteiger partial charge in [0.05, 0.1) is 11.7 Å². The van der Waals surface area contributed by atoms with Gasteiger partial charge in [0.25, 0.3) is 0 Å². The zero-order valence-corrected chi connectivity index (χ0v) is 12.0. The third-order valence-electron chi connectivity index (χ3n) is 3.31. The van der Waals surface area contributed by atoms with Gasteiger partial charge < -0.3 is 14.8 Å². The van der Waals surface area contributed by atoms with Gasteiger partial charge in [-0.1, -0.05) is 13.8 Å². The lowest BCUT2D eigenvalue weighted by molar-refractivity contribution is -0.00456. The van der Waals surface area contributed by atoms with Crippen LogP contribution in [0.4, 0.5) is 0 Å². The normalized spacial score (nSPS) is 16.5. The maximum atomic E-state index is 5.56. The van der Waals surface area contributed by atoms with Gasteiger partial charge in [-0.05, 0) is 39.7 Å². The zero-order valence-electron chi connectivity index (χ0n) is 12.0. The van der Waals surface area contributed by atoms with E-state index in [9.17, 15) is 0 Å². The molecule has 98 valence electrons. The summed E-state index contributed by atoms with van der Waals surface area (Å²) in [4.78, 5) is 0. The van der Waals surface area contributed by atoms with E-state index in [1.165, 1.54) is 0 Å². The molecule has 0 aliphatic heterocycles. The second-order valence-corrected chi connectivity index (χ2v) is 5.34. The van der Waals surface area contributed by atoms with Crippen LogP contribution in [0.25, 0.3) is 0 Å². The van der Waals surface area contributed by atoms with Crippen molar-refractivity contribution in [3.63, 3.8) is 0 Å². The number of ether oxygens (including phenoxy) is 2. The van der Waals surface area contributed by atoms with E-state index in [0.29, 0.717) is 12.0 Å².